The summed E-state index contributed by atoms with van der Waals surface area (Å²) in [5, 5.41) is 11.7. The molecule has 21 heavy (non-hydrogen) atoms. The van der Waals surface area contributed by atoms with E-state index in [4.69, 9.17) is 5.11 Å². The summed E-state index contributed by atoms with van der Waals surface area (Å²) in [6.45, 7) is 0.192. The number of aliphatic hydroxyl groups excluding tert-OH is 1. The zero-order valence-electron chi connectivity index (χ0n) is 12.0. The van der Waals surface area contributed by atoms with Crippen molar-refractivity contribution in [1.29, 1.82) is 0 Å². The summed E-state index contributed by atoms with van der Waals surface area (Å²) in [4.78, 5) is 13.7. The Morgan fingerprint density at radius 1 is 1.29 bits per heavy atom. The average Bonchev–Trinajstić information content (AvgIpc) is 2.50. The smallest absolute Gasteiger partial charge is 0.321 e. The molecule has 2 N–H and O–H groups in total. The predicted octanol–water partition coefficient (Wildman–Crippen LogP) is 2.98. The highest BCUT2D eigenvalue weighted by molar-refractivity contribution is 5.89. The van der Waals surface area contributed by atoms with Gasteiger partial charge < -0.3 is 15.3 Å². The number of aliphatic hydroxyl groups is 1. The van der Waals surface area contributed by atoms with Crippen molar-refractivity contribution in [3.05, 3.63) is 29.8 Å². The van der Waals surface area contributed by atoms with Gasteiger partial charge in [-0.05, 0) is 43.7 Å². The first kappa shape index (κ1) is 15.7. The molecule has 1 aromatic carbocycles. The molecule has 0 atom stereocenters. The van der Waals surface area contributed by atoms with E-state index >= 15 is 0 Å². The standard InChI is InChI=1S/C15H20F2N2O2/c1-19(12-5-2-10(9-20)3-6-12)15(21)18-11-4-7-13(16)14(17)8-11/h4,7-8,10,12,20H,2-3,5-6,9H2,1H3,(H,18,21). The highest BCUT2D eigenvalue weighted by atomic mass is 19.2. The molecular weight excluding hydrogens is 278 g/mol. The van der Waals surface area contributed by atoms with E-state index in [0.29, 0.717) is 5.92 Å². The van der Waals surface area contributed by atoms with E-state index in [2.05, 4.69) is 5.32 Å². The van der Waals surface area contributed by atoms with Gasteiger partial charge in [-0.25, -0.2) is 13.6 Å². The Kier molecular flexibility index (Phi) is 5.12. The number of carbonyl (C=O) groups excluding carboxylic acids is 1. The van der Waals surface area contributed by atoms with Crippen LogP contribution in [0.4, 0.5) is 19.3 Å². The van der Waals surface area contributed by atoms with Gasteiger partial charge in [0.15, 0.2) is 11.6 Å². The second-order valence-electron chi connectivity index (χ2n) is 5.53. The lowest BCUT2D eigenvalue weighted by Crippen LogP contribution is -2.42. The molecule has 1 aliphatic carbocycles. The predicted molar refractivity (Wildman–Crippen MR) is 76.0 cm³/mol. The maximum absolute atomic E-state index is 13.1. The monoisotopic (exact) mass is 298 g/mol. The van der Waals surface area contributed by atoms with Gasteiger partial charge in [-0.15, -0.1) is 0 Å². The first-order valence-corrected chi connectivity index (χ1v) is 7.11. The number of benzene rings is 1. The van der Waals surface area contributed by atoms with Crippen molar-refractivity contribution in [2.24, 2.45) is 5.92 Å². The maximum atomic E-state index is 13.1. The van der Waals surface area contributed by atoms with E-state index < -0.39 is 11.6 Å². The SMILES string of the molecule is CN(C(=O)Nc1ccc(F)c(F)c1)C1CCC(CO)CC1. The minimum atomic E-state index is -0.987. The lowest BCUT2D eigenvalue weighted by atomic mass is 9.86. The zero-order valence-corrected chi connectivity index (χ0v) is 12.0. The molecule has 116 valence electrons. The van der Waals surface area contributed by atoms with Crippen LogP contribution in [0.1, 0.15) is 25.7 Å². The molecule has 4 nitrogen and oxygen atoms in total. The van der Waals surface area contributed by atoms with Crippen LogP contribution in [0.3, 0.4) is 0 Å². The summed E-state index contributed by atoms with van der Waals surface area (Å²) in [7, 11) is 1.69. The van der Waals surface area contributed by atoms with Crippen molar-refractivity contribution < 1.29 is 18.7 Å². The summed E-state index contributed by atoms with van der Waals surface area (Å²) >= 11 is 0. The van der Waals surface area contributed by atoms with Crippen molar-refractivity contribution in [1.82, 2.24) is 4.90 Å². The molecule has 0 heterocycles. The molecule has 0 radical (unpaired) electrons. The molecule has 0 bridgehead atoms. The van der Waals surface area contributed by atoms with Crippen LogP contribution in [0.25, 0.3) is 0 Å². The first-order valence-electron chi connectivity index (χ1n) is 7.11. The molecule has 0 saturated heterocycles. The lowest BCUT2D eigenvalue weighted by Gasteiger charge is -2.34. The van der Waals surface area contributed by atoms with Crippen molar-refractivity contribution in [2.75, 3.05) is 19.0 Å². The number of hydrogen-bond donors (Lipinski definition) is 2. The Bertz CT molecular complexity index is 502. The Hall–Kier alpha value is -1.69. The van der Waals surface area contributed by atoms with E-state index in [1.807, 2.05) is 0 Å². The van der Waals surface area contributed by atoms with E-state index in [9.17, 15) is 13.6 Å². The van der Waals surface area contributed by atoms with E-state index in [0.717, 1.165) is 37.8 Å². The minimum absolute atomic E-state index is 0.109. The summed E-state index contributed by atoms with van der Waals surface area (Å²) in [6.07, 6.45) is 3.47. The second kappa shape index (κ2) is 6.85. The summed E-state index contributed by atoms with van der Waals surface area (Å²) in [5.41, 5.74) is 0.231. The number of rotatable bonds is 3. The Labute approximate surface area is 122 Å². The molecule has 2 rings (SSSR count). The number of halogens is 2. The van der Waals surface area contributed by atoms with Crippen LogP contribution in [0.2, 0.25) is 0 Å². The van der Waals surface area contributed by atoms with Gasteiger partial charge in [0, 0.05) is 31.5 Å². The molecule has 0 spiro atoms. The van der Waals surface area contributed by atoms with Crippen LogP contribution < -0.4 is 5.32 Å². The minimum Gasteiger partial charge on any atom is -0.396 e. The van der Waals surface area contributed by atoms with Crippen LogP contribution in [0.15, 0.2) is 18.2 Å². The number of urea groups is 1. The topological polar surface area (TPSA) is 52.6 Å². The molecule has 1 fully saturated rings. The van der Waals surface area contributed by atoms with Crippen LogP contribution in [-0.4, -0.2) is 35.7 Å². The molecule has 1 saturated carbocycles. The van der Waals surface area contributed by atoms with Crippen molar-refractivity contribution >= 4 is 11.7 Å². The number of hydrogen-bond acceptors (Lipinski definition) is 2. The first-order chi connectivity index (χ1) is 10.0. The molecule has 0 unspecified atom stereocenters. The number of amides is 2. The fourth-order valence-electron chi connectivity index (χ4n) is 2.67. The van der Waals surface area contributed by atoms with Gasteiger partial charge in [-0.2, -0.15) is 0 Å². The molecular formula is C15H20F2N2O2. The van der Waals surface area contributed by atoms with Gasteiger partial charge in [0.2, 0.25) is 0 Å². The van der Waals surface area contributed by atoms with Gasteiger partial charge in [0.1, 0.15) is 0 Å². The quantitative estimate of drug-likeness (QED) is 0.901. The third-order valence-electron chi connectivity index (χ3n) is 4.11. The van der Waals surface area contributed by atoms with Gasteiger partial charge in [-0.3, -0.25) is 0 Å². The Balaban J connectivity index is 1.92. The van der Waals surface area contributed by atoms with Gasteiger partial charge >= 0.3 is 6.03 Å². The van der Waals surface area contributed by atoms with Crippen molar-refractivity contribution in [2.45, 2.75) is 31.7 Å². The van der Waals surface area contributed by atoms with Crippen LogP contribution in [-0.2, 0) is 0 Å². The zero-order chi connectivity index (χ0) is 15.4. The highest BCUT2D eigenvalue weighted by Crippen LogP contribution is 2.27. The fourth-order valence-corrected chi connectivity index (χ4v) is 2.67. The number of anilines is 1. The molecule has 6 heteroatoms. The highest BCUT2D eigenvalue weighted by Gasteiger charge is 2.26. The van der Waals surface area contributed by atoms with Crippen LogP contribution >= 0.6 is 0 Å². The molecule has 1 aliphatic rings. The molecule has 2 amide bonds. The number of nitrogens with zero attached hydrogens (tertiary/aromatic N) is 1. The van der Waals surface area contributed by atoms with Crippen molar-refractivity contribution in [3.63, 3.8) is 0 Å². The fraction of sp³-hybridized carbons (Fsp3) is 0.533. The number of nitrogens with one attached hydrogen (secondary N) is 1. The third kappa shape index (κ3) is 3.91. The van der Waals surface area contributed by atoms with Gasteiger partial charge in [-0.1, -0.05) is 0 Å². The second-order valence-corrected chi connectivity index (χ2v) is 5.53. The lowest BCUT2D eigenvalue weighted by molar-refractivity contribution is 0.139. The van der Waals surface area contributed by atoms with E-state index in [-0.39, 0.29) is 24.4 Å². The van der Waals surface area contributed by atoms with E-state index in [1.54, 1.807) is 11.9 Å². The normalized spacial score (nSPS) is 21.9. The summed E-state index contributed by atoms with van der Waals surface area (Å²) in [5.74, 6) is -1.61. The Morgan fingerprint density at radius 2 is 1.95 bits per heavy atom. The van der Waals surface area contributed by atoms with E-state index in [1.165, 1.54) is 6.07 Å². The summed E-state index contributed by atoms with van der Waals surface area (Å²) < 4.78 is 25.9. The molecule has 1 aromatic rings. The summed E-state index contributed by atoms with van der Waals surface area (Å²) in [6, 6.07) is 3.04. The number of carbonyl (C=O) groups is 1. The Morgan fingerprint density at radius 3 is 2.52 bits per heavy atom. The van der Waals surface area contributed by atoms with Crippen LogP contribution in [0, 0.1) is 17.6 Å². The average molecular weight is 298 g/mol. The van der Waals surface area contributed by atoms with Crippen LogP contribution in [0.5, 0.6) is 0 Å². The molecule has 0 aliphatic heterocycles. The van der Waals surface area contributed by atoms with Gasteiger partial charge in [0.05, 0.1) is 0 Å². The van der Waals surface area contributed by atoms with Gasteiger partial charge in [0.25, 0.3) is 0 Å². The largest absolute Gasteiger partial charge is 0.396 e. The third-order valence-corrected chi connectivity index (χ3v) is 4.11. The van der Waals surface area contributed by atoms with Crippen molar-refractivity contribution in [3.8, 4) is 0 Å². The maximum Gasteiger partial charge on any atom is 0.321 e. The molecule has 0 aromatic heterocycles.